The molecule has 0 aromatic heterocycles. The van der Waals surface area contributed by atoms with Gasteiger partial charge < -0.3 is 11.1 Å². The number of nitrogen functional groups attached to an aromatic ring is 1. The summed E-state index contributed by atoms with van der Waals surface area (Å²) >= 11 is 9.26. The molecule has 0 bridgehead atoms. The zero-order valence-corrected chi connectivity index (χ0v) is 12.5. The summed E-state index contributed by atoms with van der Waals surface area (Å²) in [5.74, 6) is -0.416. The number of anilines is 2. The Hall–Kier alpha value is -2.03. The van der Waals surface area contributed by atoms with Crippen molar-refractivity contribution in [3.05, 3.63) is 57.0 Å². The molecular formula is C14H9BrClN3O. The van der Waals surface area contributed by atoms with Crippen LogP contribution in [-0.2, 0) is 0 Å². The van der Waals surface area contributed by atoms with Crippen molar-refractivity contribution in [2.24, 2.45) is 0 Å². The van der Waals surface area contributed by atoms with Gasteiger partial charge in [-0.3, -0.25) is 4.79 Å². The van der Waals surface area contributed by atoms with Crippen LogP contribution >= 0.6 is 27.5 Å². The maximum Gasteiger partial charge on any atom is 0.257 e. The minimum absolute atomic E-state index is 0.195. The van der Waals surface area contributed by atoms with E-state index in [9.17, 15) is 4.79 Å². The van der Waals surface area contributed by atoms with Gasteiger partial charge in [0.2, 0.25) is 0 Å². The molecule has 100 valence electrons. The highest BCUT2D eigenvalue weighted by Gasteiger charge is 2.14. The first-order valence-electron chi connectivity index (χ1n) is 5.58. The molecular weight excluding hydrogens is 342 g/mol. The van der Waals surface area contributed by atoms with Gasteiger partial charge in [-0.15, -0.1) is 0 Å². The number of carbonyl (C=O) groups is 1. The predicted octanol–water partition coefficient (Wildman–Crippen LogP) is 3.81. The molecule has 0 atom stereocenters. The third kappa shape index (κ3) is 2.93. The summed E-state index contributed by atoms with van der Waals surface area (Å²) in [7, 11) is 0. The van der Waals surface area contributed by atoms with Crippen molar-refractivity contribution in [3.8, 4) is 6.07 Å². The number of carbonyl (C=O) groups excluding carboxylic acids is 1. The molecule has 1 amide bonds. The molecule has 4 nitrogen and oxygen atoms in total. The molecule has 0 aliphatic heterocycles. The summed E-state index contributed by atoms with van der Waals surface area (Å²) in [6.45, 7) is 0. The fourth-order valence-electron chi connectivity index (χ4n) is 1.63. The highest BCUT2D eigenvalue weighted by Crippen LogP contribution is 2.25. The normalized spacial score (nSPS) is 9.85. The maximum absolute atomic E-state index is 12.2. The van der Waals surface area contributed by atoms with E-state index in [4.69, 9.17) is 22.6 Å². The standard InChI is InChI=1S/C14H9BrClN3O/c15-9-4-5-12(8(6-9)7-17)19-14(20)10-2-1-3-11(18)13(10)16/h1-6H,18H2,(H,19,20). The second-order valence-electron chi connectivity index (χ2n) is 3.96. The van der Waals surface area contributed by atoms with Crippen molar-refractivity contribution >= 4 is 44.8 Å². The molecule has 0 saturated carbocycles. The minimum Gasteiger partial charge on any atom is -0.398 e. The van der Waals surface area contributed by atoms with E-state index in [0.29, 0.717) is 16.9 Å². The summed E-state index contributed by atoms with van der Waals surface area (Å²) in [6.07, 6.45) is 0. The van der Waals surface area contributed by atoms with Crippen molar-refractivity contribution in [2.45, 2.75) is 0 Å². The second-order valence-corrected chi connectivity index (χ2v) is 5.26. The van der Waals surface area contributed by atoms with Gasteiger partial charge in [-0.25, -0.2) is 0 Å². The number of benzene rings is 2. The van der Waals surface area contributed by atoms with Crippen molar-refractivity contribution in [2.75, 3.05) is 11.1 Å². The highest BCUT2D eigenvalue weighted by atomic mass is 79.9. The number of hydrogen-bond acceptors (Lipinski definition) is 3. The van der Waals surface area contributed by atoms with Crippen molar-refractivity contribution in [1.82, 2.24) is 0 Å². The largest absolute Gasteiger partial charge is 0.398 e. The number of nitrogens with two attached hydrogens (primary N) is 1. The number of halogens is 2. The molecule has 0 fully saturated rings. The maximum atomic E-state index is 12.2. The molecule has 2 aromatic carbocycles. The van der Waals surface area contributed by atoms with E-state index in [1.165, 1.54) is 0 Å². The SMILES string of the molecule is N#Cc1cc(Br)ccc1NC(=O)c1cccc(N)c1Cl. The van der Waals surface area contributed by atoms with Crippen LogP contribution in [0.5, 0.6) is 0 Å². The van der Waals surface area contributed by atoms with E-state index in [2.05, 4.69) is 21.2 Å². The van der Waals surface area contributed by atoms with Gasteiger partial charge >= 0.3 is 0 Å². The third-order valence-electron chi connectivity index (χ3n) is 2.62. The lowest BCUT2D eigenvalue weighted by Gasteiger charge is -2.09. The Kier molecular flexibility index (Phi) is 4.28. The van der Waals surface area contributed by atoms with Crippen LogP contribution in [0.1, 0.15) is 15.9 Å². The van der Waals surface area contributed by atoms with Gasteiger partial charge in [0.1, 0.15) is 6.07 Å². The van der Waals surface area contributed by atoms with Crippen LogP contribution in [-0.4, -0.2) is 5.91 Å². The Morgan fingerprint density at radius 3 is 2.80 bits per heavy atom. The third-order valence-corrected chi connectivity index (χ3v) is 3.54. The zero-order valence-electron chi connectivity index (χ0n) is 10.2. The monoisotopic (exact) mass is 349 g/mol. The zero-order chi connectivity index (χ0) is 14.7. The Labute approximate surface area is 129 Å². The van der Waals surface area contributed by atoms with Gasteiger partial charge in [0, 0.05) is 4.47 Å². The first kappa shape index (κ1) is 14.4. The van der Waals surface area contributed by atoms with Crippen LogP contribution in [0.3, 0.4) is 0 Å². The van der Waals surface area contributed by atoms with E-state index in [1.54, 1.807) is 36.4 Å². The van der Waals surface area contributed by atoms with E-state index in [-0.39, 0.29) is 10.6 Å². The summed E-state index contributed by atoms with van der Waals surface area (Å²) in [5, 5.41) is 11.9. The Bertz CT molecular complexity index is 725. The summed E-state index contributed by atoms with van der Waals surface area (Å²) < 4.78 is 0.758. The van der Waals surface area contributed by atoms with Crippen LogP contribution in [0.2, 0.25) is 5.02 Å². The topological polar surface area (TPSA) is 78.9 Å². The molecule has 0 saturated heterocycles. The smallest absolute Gasteiger partial charge is 0.257 e. The Morgan fingerprint density at radius 1 is 1.35 bits per heavy atom. The first-order valence-corrected chi connectivity index (χ1v) is 6.75. The van der Waals surface area contributed by atoms with Crippen LogP contribution in [0.4, 0.5) is 11.4 Å². The number of amides is 1. The van der Waals surface area contributed by atoms with Crippen LogP contribution in [0, 0.1) is 11.3 Å². The predicted molar refractivity (Wildman–Crippen MR) is 82.7 cm³/mol. The van der Waals surface area contributed by atoms with Crippen LogP contribution < -0.4 is 11.1 Å². The fraction of sp³-hybridized carbons (Fsp3) is 0. The van der Waals surface area contributed by atoms with Gasteiger partial charge in [0.25, 0.3) is 5.91 Å². The number of hydrogen-bond donors (Lipinski definition) is 2. The van der Waals surface area contributed by atoms with Crippen molar-refractivity contribution < 1.29 is 4.79 Å². The lowest BCUT2D eigenvalue weighted by molar-refractivity contribution is 0.102. The van der Waals surface area contributed by atoms with Gasteiger partial charge in [-0.05, 0) is 30.3 Å². The fourth-order valence-corrected chi connectivity index (χ4v) is 2.21. The molecule has 20 heavy (non-hydrogen) atoms. The van der Waals surface area contributed by atoms with E-state index in [1.807, 2.05) is 6.07 Å². The second kappa shape index (κ2) is 5.95. The summed E-state index contributed by atoms with van der Waals surface area (Å²) in [5.41, 5.74) is 7.02. The first-order chi connectivity index (χ1) is 9.52. The van der Waals surface area contributed by atoms with Crippen LogP contribution in [0.25, 0.3) is 0 Å². The molecule has 3 N–H and O–H groups in total. The van der Waals surface area contributed by atoms with Gasteiger partial charge in [-0.1, -0.05) is 33.6 Å². The molecule has 6 heteroatoms. The molecule has 0 heterocycles. The van der Waals surface area contributed by atoms with Gasteiger partial charge in [0.15, 0.2) is 0 Å². The number of rotatable bonds is 2. The van der Waals surface area contributed by atoms with Gasteiger partial charge in [-0.2, -0.15) is 5.26 Å². The average molecular weight is 351 g/mol. The minimum atomic E-state index is -0.416. The summed E-state index contributed by atoms with van der Waals surface area (Å²) in [6, 6.07) is 11.8. The summed E-state index contributed by atoms with van der Waals surface area (Å²) in [4.78, 5) is 12.2. The van der Waals surface area contributed by atoms with Crippen molar-refractivity contribution in [1.29, 1.82) is 5.26 Å². The molecule has 2 rings (SSSR count). The molecule has 0 spiro atoms. The van der Waals surface area contributed by atoms with Gasteiger partial charge in [0.05, 0.1) is 27.5 Å². The molecule has 0 aliphatic carbocycles. The lowest BCUT2D eigenvalue weighted by atomic mass is 10.1. The van der Waals surface area contributed by atoms with E-state index in [0.717, 1.165) is 4.47 Å². The van der Waals surface area contributed by atoms with Crippen LogP contribution in [0.15, 0.2) is 40.9 Å². The number of nitrogens with one attached hydrogen (secondary N) is 1. The van der Waals surface area contributed by atoms with Crippen molar-refractivity contribution in [3.63, 3.8) is 0 Å². The molecule has 0 radical (unpaired) electrons. The molecule has 0 unspecified atom stereocenters. The highest BCUT2D eigenvalue weighted by molar-refractivity contribution is 9.10. The Morgan fingerprint density at radius 2 is 2.10 bits per heavy atom. The van der Waals surface area contributed by atoms with E-state index >= 15 is 0 Å². The molecule has 2 aromatic rings. The van der Waals surface area contributed by atoms with E-state index < -0.39 is 5.91 Å². The number of nitriles is 1. The average Bonchev–Trinajstić information content (AvgIpc) is 2.43. The Balaban J connectivity index is 2.33. The lowest BCUT2D eigenvalue weighted by Crippen LogP contribution is -2.14. The number of nitrogens with zero attached hydrogens (tertiary/aromatic N) is 1. The molecule has 0 aliphatic rings. The quantitative estimate of drug-likeness (QED) is 0.808.